The Morgan fingerprint density at radius 2 is 1.90 bits per heavy atom. The van der Waals surface area contributed by atoms with Gasteiger partial charge >= 0.3 is 6.09 Å². The second-order valence-electron chi connectivity index (χ2n) is 3.54. The Hall–Kier alpha value is -0.730. The number of nitrogens with one attached hydrogen (secondary N) is 1. The van der Waals surface area contributed by atoms with Crippen molar-refractivity contribution in [3.8, 4) is 0 Å². The van der Waals surface area contributed by atoms with Crippen molar-refractivity contribution in [2.24, 2.45) is 5.41 Å². The van der Waals surface area contributed by atoms with Crippen LogP contribution in [0.4, 0.5) is 4.79 Å². The van der Waals surface area contributed by atoms with Gasteiger partial charge < -0.3 is 10.4 Å². The Balaban J connectivity index is 3.85. The fourth-order valence-corrected chi connectivity index (χ4v) is 0.402. The van der Waals surface area contributed by atoms with Crippen LogP contribution in [0.25, 0.3) is 0 Å². The molecule has 60 valence electrons. The van der Waals surface area contributed by atoms with Crippen LogP contribution >= 0.6 is 0 Å². The Kier molecular flexibility index (Phi) is 2.69. The maximum Gasteiger partial charge on any atom is 0.404 e. The SMILES string of the molecule is C[C@H](NC(=O)O)C(C)(C)C. The number of carbonyl (C=O) groups is 1. The molecule has 1 atom stereocenters. The lowest BCUT2D eigenvalue weighted by Gasteiger charge is -2.26. The summed E-state index contributed by atoms with van der Waals surface area (Å²) < 4.78 is 0. The Bertz CT molecular complexity index is 126. The van der Waals surface area contributed by atoms with Crippen molar-refractivity contribution in [1.82, 2.24) is 5.32 Å². The Morgan fingerprint density at radius 3 is 2.00 bits per heavy atom. The summed E-state index contributed by atoms with van der Waals surface area (Å²) in [5, 5.41) is 10.7. The standard InChI is InChI=1S/C7H15NO2/c1-5(7(2,3)4)8-6(9)10/h5,8H,1-4H3,(H,9,10)/t5-/m0/s1. The van der Waals surface area contributed by atoms with Gasteiger partial charge in [0.15, 0.2) is 0 Å². The molecule has 0 aliphatic carbocycles. The minimum absolute atomic E-state index is 0.00160. The molecule has 0 bridgehead atoms. The van der Waals surface area contributed by atoms with Gasteiger partial charge in [0.05, 0.1) is 0 Å². The first-order chi connectivity index (χ1) is 4.34. The highest BCUT2D eigenvalue weighted by molar-refractivity contribution is 5.64. The Morgan fingerprint density at radius 1 is 1.50 bits per heavy atom. The van der Waals surface area contributed by atoms with Gasteiger partial charge in [0.1, 0.15) is 0 Å². The zero-order chi connectivity index (χ0) is 8.36. The van der Waals surface area contributed by atoms with Crippen LogP contribution < -0.4 is 5.32 Å². The molecule has 0 aromatic carbocycles. The van der Waals surface area contributed by atoms with Crippen LogP contribution in [0.15, 0.2) is 0 Å². The molecular weight excluding hydrogens is 130 g/mol. The number of rotatable bonds is 1. The maximum absolute atomic E-state index is 10.1. The lowest BCUT2D eigenvalue weighted by atomic mass is 9.88. The van der Waals surface area contributed by atoms with Crippen LogP contribution in [0.2, 0.25) is 0 Å². The van der Waals surface area contributed by atoms with Crippen LogP contribution in [0.3, 0.4) is 0 Å². The molecule has 2 N–H and O–H groups in total. The highest BCUT2D eigenvalue weighted by atomic mass is 16.4. The fraction of sp³-hybridized carbons (Fsp3) is 0.857. The van der Waals surface area contributed by atoms with Crippen molar-refractivity contribution in [3.63, 3.8) is 0 Å². The van der Waals surface area contributed by atoms with Gasteiger partial charge in [-0.05, 0) is 12.3 Å². The molecule has 0 heterocycles. The lowest BCUT2D eigenvalue weighted by molar-refractivity contribution is 0.178. The summed E-state index contributed by atoms with van der Waals surface area (Å²) in [4.78, 5) is 10.1. The molecule has 3 heteroatoms. The summed E-state index contributed by atoms with van der Waals surface area (Å²) in [6, 6.07) is -0.00926. The van der Waals surface area contributed by atoms with Crippen LogP contribution in [0, 0.1) is 5.41 Å². The summed E-state index contributed by atoms with van der Waals surface area (Å²) in [5.41, 5.74) is -0.00160. The van der Waals surface area contributed by atoms with Gasteiger partial charge in [-0.25, -0.2) is 4.79 Å². The van der Waals surface area contributed by atoms with Gasteiger partial charge in [0.25, 0.3) is 0 Å². The van der Waals surface area contributed by atoms with Crippen molar-refractivity contribution in [1.29, 1.82) is 0 Å². The molecule has 3 nitrogen and oxygen atoms in total. The zero-order valence-corrected chi connectivity index (χ0v) is 6.93. The molecule has 0 aromatic rings. The van der Waals surface area contributed by atoms with Crippen LogP contribution in [0.5, 0.6) is 0 Å². The highest BCUT2D eigenvalue weighted by Crippen LogP contribution is 2.17. The van der Waals surface area contributed by atoms with Crippen molar-refractivity contribution < 1.29 is 9.90 Å². The number of amides is 1. The van der Waals surface area contributed by atoms with E-state index in [2.05, 4.69) is 5.32 Å². The molecule has 0 unspecified atom stereocenters. The van der Waals surface area contributed by atoms with Gasteiger partial charge in [-0.3, -0.25) is 0 Å². The van der Waals surface area contributed by atoms with E-state index in [1.165, 1.54) is 0 Å². The van der Waals surface area contributed by atoms with Crippen LogP contribution in [0.1, 0.15) is 27.7 Å². The van der Waals surface area contributed by atoms with E-state index in [-0.39, 0.29) is 11.5 Å². The minimum Gasteiger partial charge on any atom is -0.465 e. The summed E-state index contributed by atoms with van der Waals surface area (Å²) in [6.07, 6.45) is -0.956. The molecule has 0 radical (unpaired) electrons. The molecule has 0 saturated carbocycles. The molecule has 0 aliphatic heterocycles. The first-order valence-corrected chi connectivity index (χ1v) is 3.33. The second kappa shape index (κ2) is 2.90. The number of hydrogen-bond acceptors (Lipinski definition) is 1. The molecule has 0 rings (SSSR count). The number of hydrogen-bond donors (Lipinski definition) is 2. The molecule has 10 heavy (non-hydrogen) atoms. The summed E-state index contributed by atoms with van der Waals surface area (Å²) in [6.45, 7) is 7.84. The van der Waals surface area contributed by atoms with Crippen LogP contribution in [-0.2, 0) is 0 Å². The molecule has 0 spiro atoms. The van der Waals surface area contributed by atoms with Gasteiger partial charge in [0.2, 0.25) is 0 Å². The molecule has 0 aliphatic rings. The van der Waals surface area contributed by atoms with Crippen molar-refractivity contribution in [2.75, 3.05) is 0 Å². The average Bonchev–Trinajstić information content (AvgIpc) is 1.60. The monoisotopic (exact) mass is 145 g/mol. The van der Waals surface area contributed by atoms with E-state index in [1.807, 2.05) is 27.7 Å². The predicted molar refractivity (Wildman–Crippen MR) is 40.1 cm³/mol. The lowest BCUT2D eigenvalue weighted by Crippen LogP contribution is -2.40. The van der Waals surface area contributed by atoms with Crippen molar-refractivity contribution >= 4 is 6.09 Å². The fourth-order valence-electron chi connectivity index (χ4n) is 0.402. The second-order valence-corrected chi connectivity index (χ2v) is 3.54. The highest BCUT2D eigenvalue weighted by Gasteiger charge is 2.20. The zero-order valence-electron chi connectivity index (χ0n) is 6.93. The quantitative estimate of drug-likeness (QED) is 0.589. The first-order valence-electron chi connectivity index (χ1n) is 3.33. The Labute approximate surface area is 61.4 Å². The first kappa shape index (κ1) is 9.27. The summed E-state index contributed by atoms with van der Waals surface area (Å²) in [7, 11) is 0. The molecule has 0 aromatic heterocycles. The summed E-state index contributed by atoms with van der Waals surface area (Å²) in [5.74, 6) is 0. The third-order valence-electron chi connectivity index (χ3n) is 1.64. The third kappa shape index (κ3) is 3.33. The van der Waals surface area contributed by atoms with Crippen molar-refractivity contribution in [3.05, 3.63) is 0 Å². The molecule has 0 saturated heterocycles. The normalized spacial score (nSPS) is 14.4. The third-order valence-corrected chi connectivity index (χ3v) is 1.64. The predicted octanol–water partition coefficient (Wildman–Crippen LogP) is 1.69. The van der Waals surface area contributed by atoms with E-state index >= 15 is 0 Å². The van der Waals surface area contributed by atoms with Gasteiger partial charge in [-0.2, -0.15) is 0 Å². The van der Waals surface area contributed by atoms with Gasteiger partial charge in [0, 0.05) is 6.04 Å². The van der Waals surface area contributed by atoms with E-state index < -0.39 is 6.09 Å². The largest absolute Gasteiger partial charge is 0.465 e. The topological polar surface area (TPSA) is 49.3 Å². The number of carboxylic acid groups (broad SMARTS) is 1. The minimum atomic E-state index is -0.956. The van der Waals surface area contributed by atoms with E-state index in [0.29, 0.717) is 0 Å². The molecular formula is C7H15NO2. The van der Waals surface area contributed by atoms with E-state index in [9.17, 15) is 4.79 Å². The smallest absolute Gasteiger partial charge is 0.404 e. The van der Waals surface area contributed by atoms with E-state index in [1.54, 1.807) is 0 Å². The molecule has 1 amide bonds. The van der Waals surface area contributed by atoms with E-state index in [0.717, 1.165) is 0 Å². The van der Waals surface area contributed by atoms with Gasteiger partial charge in [-0.15, -0.1) is 0 Å². The van der Waals surface area contributed by atoms with Crippen LogP contribution in [-0.4, -0.2) is 17.2 Å². The van der Waals surface area contributed by atoms with E-state index in [4.69, 9.17) is 5.11 Å². The average molecular weight is 145 g/mol. The van der Waals surface area contributed by atoms with Crippen molar-refractivity contribution in [2.45, 2.75) is 33.7 Å². The summed E-state index contributed by atoms with van der Waals surface area (Å²) >= 11 is 0. The molecule has 0 fully saturated rings. The van der Waals surface area contributed by atoms with Gasteiger partial charge in [-0.1, -0.05) is 20.8 Å². The maximum atomic E-state index is 10.1.